The molecule has 0 aliphatic carbocycles. The van der Waals surface area contributed by atoms with Crippen LogP contribution in [0.2, 0.25) is 0 Å². The Balaban J connectivity index is 2.65. The van der Waals surface area contributed by atoms with Crippen LogP contribution in [0.4, 0.5) is 5.69 Å². The molecule has 0 fully saturated rings. The number of hydrogen-bond acceptors (Lipinski definition) is 2. The van der Waals surface area contributed by atoms with Gasteiger partial charge >= 0.3 is 0 Å². The number of halogens is 1. The van der Waals surface area contributed by atoms with Crippen LogP contribution in [-0.4, -0.2) is 19.0 Å². The predicted octanol–water partition coefficient (Wildman–Crippen LogP) is 2.00. The summed E-state index contributed by atoms with van der Waals surface area (Å²) < 4.78 is 0.951. The fraction of sp³-hybridized carbons (Fsp3) is 0.300. The van der Waals surface area contributed by atoms with Crippen LogP contribution in [0.3, 0.4) is 0 Å². The largest absolute Gasteiger partial charge is 0.325 e. The van der Waals surface area contributed by atoms with Crippen molar-refractivity contribution in [1.29, 1.82) is 0 Å². The molecule has 1 rings (SSSR count). The van der Waals surface area contributed by atoms with Crippen molar-refractivity contribution < 1.29 is 4.79 Å². The van der Waals surface area contributed by atoms with Crippen molar-refractivity contribution in [3.63, 3.8) is 0 Å². The standard InChI is InChI=1S/C10H13BrN2O/c1-7(12-2)10(14)13-9-5-3-4-8(11)6-9/h3-7,12H,1-2H3,(H,13,14). The van der Waals surface area contributed by atoms with E-state index in [0.29, 0.717) is 0 Å². The van der Waals surface area contributed by atoms with E-state index in [4.69, 9.17) is 0 Å². The van der Waals surface area contributed by atoms with Gasteiger partial charge < -0.3 is 10.6 Å². The zero-order valence-electron chi connectivity index (χ0n) is 8.17. The summed E-state index contributed by atoms with van der Waals surface area (Å²) in [4.78, 5) is 11.5. The van der Waals surface area contributed by atoms with Gasteiger partial charge in [-0.3, -0.25) is 4.79 Å². The fourth-order valence-electron chi connectivity index (χ4n) is 0.948. The molecule has 0 saturated heterocycles. The minimum Gasteiger partial charge on any atom is -0.325 e. The van der Waals surface area contributed by atoms with Gasteiger partial charge in [0.1, 0.15) is 0 Å². The molecule has 0 spiro atoms. The third-order valence-corrected chi connectivity index (χ3v) is 2.41. The molecule has 1 aromatic carbocycles. The van der Waals surface area contributed by atoms with Crippen LogP contribution in [0.5, 0.6) is 0 Å². The average Bonchev–Trinajstić information content (AvgIpc) is 2.16. The Morgan fingerprint density at radius 2 is 2.21 bits per heavy atom. The van der Waals surface area contributed by atoms with Crippen LogP contribution in [0, 0.1) is 0 Å². The summed E-state index contributed by atoms with van der Waals surface area (Å²) in [6.45, 7) is 1.81. The molecule has 0 radical (unpaired) electrons. The first-order chi connectivity index (χ1) is 6.63. The fourth-order valence-corrected chi connectivity index (χ4v) is 1.35. The van der Waals surface area contributed by atoms with E-state index in [1.807, 2.05) is 31.2 Å². The molecule has 0 aliphatic rings. The molecule has 1 aromatic rings. The highest BCUT2D eigenvalue weighted by atomic mass is 79.9. The molecule has 0 heterocycles. The predicted molar refractivity (Wildman–Crippen MR) is 61.3 cm³/mol. The molecule has 1 unspecified atom stereocenters. The molecule has 14 heavy (non-hydrogen) atoms. The number of likely N-dealkylation sites (N-methyl/N-ethyl adjacent to an activating group) is 1. The highest BCUT2D eigenvalue weighted by Gasteiger charge is 2.09. The maximum atomic E-state index is 11.5. The first kappa shape index (κ1) is 11.2. The van der Waals surface area contributed by atoms with Crippen molar-refractivity contribution in [3.8, 4) is 0 Å². The molecule has 0 saturated carbocycles. The number of nitrogens with one attached hydrogen (secondary N) is 2. The summed E-state index contributed by atoms with van der Waals surface area (Å²) in [7, 11) is 1.76. The van der Waals surface area contributed by atoms with Crippen molar-refractivity contribution in [2.45, 2.75) is 13.0 Å². The molecule has 1 atom stereocenters. The third-order valence-electron chi connectivity index (χ3n) is 1.92. The second-order valence-electron chi connectivity index (χ2n) is 3.01. The van der Waals surface area contributed by atoms with Gasteiger partial charge in [0.15, 0.2) is 0 Å². The van der Waals surface area contributed by atoms with E-state index in [1.54, 1.807) is 7.05 Å². The lowest BCUT2D eigenvalue weighted by Crippen LogP contribution is -2.35. The van der Waals surface area contributed by atoms with Crippen LogP contribution in [0.1, 0.15) is 6.92 Å². The first-order valence-corrected chi connectivity index (χ1v) is 5.16. The van der Waals surface area contributed by atoms with Crippen molar-refractivity contribution in [2.24, 2.45) is 0 Å². The van der Waals surface area contributed by atoms with Gasteiger partial charge in [-0.2, -0.15) is 0 Å². The number of benzene rings is 1. The maximum Gasteiger partial charge on any atom is 0.241 e. The van der Waals surface area contributed by atoms with Crippen molar-refractivity contribution >= 4 is 27.5 Å². The zero-order chi connectivity index (χ0) is 10.6. The summed E-state index contributed by atoms with van der Waals surface area (Å²) in [5.41, 5.74) is 0.798. The molecule has 76 valence electrons. The minimum atomic E-state index is -0.186. The van der Waals surface area contributed by atoms with Crippen molar-refractivity contribution in [2.75, 3.05) is 12.4 Å². The van der Waals surface area contributed by atoms with Crippen LogP contribution in [0.15, 0.2) is 28.7 Å². The van der Waals surface area contributed by atoms with E-state index in [-0.39, 0.29) is 11.9 Å². The Labute approximate surface area is 92.0 Å². The van der Waals surface area contributed by atoms with Crippen LogP contribution in [0.25, 0.3) is 0 Å². The Morgan fingerprint density at radius 1 is 1.50 bits per heavy atom. The summed E-state index contributed by atoms with van der Waals surface area (Å²) in [5, 5.41) is 5.68. The molecular formula is C10H13BrN2O. The Kier molecular flexibility index (Phi) is 4.10. The van der Waals surface area contributed by atoms with Crippen molar-refractivity contribution in [1.82, 2.24) is 5.32 Å². The van der Waals surface area contributed by atoms with Gasteiger partial charge in [-0.05, 0) is 32.2 Å². The van der Waals surface area contributed by atoms with Gasteiger partial charge in [-0.1, -0.05) is 22.0 Å². The van der Waals surface area contributed by atoms with Crippen LogP contribution >= 0.6 is 15.9 Å². The molecule has 3 nitrogen and oxygen atoms in total. The molecule has 2 N–H and O–H groups in total. The third kappa shape index (κ3) is 3.12. The highest BCUT2D eigenvalue weighted by molar-refractivity contribution is 9.10. The van der Waals surface area contributed by atoms with Crippen LogP contribution in [-0.2, 0) is 4.79 Å². The van der Waals surface area contributed by atoms with E-state index >= 15 is 0 Å². The number of carbonyl (C=O) groups excluding carboxylic acids is 1. The van der Waals surface area contributed by atoms with E-state index in [2.05, 4.69) is 26.6 Å². The summed E-state index contributed by atoms with van der Waals surface area (Å²) in [5.74, 6) is -0.0365. The van der Waals surface area contributed by atoms with Crippen LogP contribution < -0.4 is 10.6 Å². The first-order valence-electron chi connectivity index (χ1n) is 4.37. The average molecular weight is 257 g/mol. The summed E-state index contributed by atoms with van der Waals surface area (Å²) in [6, 6.07) is 7.32. The van der Waals surface area contributed by atoms with Gasteiger partial charge in [-0.15, -0.1) is 0 Å². The van der Waals surface area contributed by atoms with E-state index in [0.717, 1.165) is 10.2 Å². The molecule has 0 aliphatic heterocycles. The number of anilines is 1. The zero-order valence-corrected chi connectivity index (χ0v) is 9.76. The Hall–Kier alpha value is -0.870. The molecule has 0 aromatic heterocycles. The molecule has 0 bridgehead atoms. The summed E-state index contributed by atoms with van der Waals surface area (Å²) >= 11 is 3.34. The normalized spacial score (nSPS) is 12.2. The lowest BCUT2D eigenvalue weighted by Gasteiger charge is -2.10. The van der Waals surface area contributed by atoms with Gasteiger partial charge in [0.2, 0.25) is 5.91 Å². The van der Waals surface area contributed by atoms with Crippen molar-refractivity contribution in [3.05, 3.63) is 28.7 Å². The van der Waals surface area contributed by atoms with E-state index in [9.17, 15) is 4.79 Å². The van der Waals surface area contributed by atoms with Gasteiger partial charge in [0.25, 0.3) is 0 Å². The molecule has 1 amide bonds. The molecule has 4 heteroatoms. The number of amides is 1. The SMILES string of the molecule is CNC(C)C(=O)Nc1cccc(Br)c1. The van der Waals surface area contributed by atoms with Gasteiger partial charge in [0.05, 0.1) is 6.04 Å². The highest BCUT2D eigenvalue weighted by Crippen LogP contribution is 2.15. The second kappa shape index (κ2) is 5.12. The quantitative estimate of drug-likeness (QED) is 0.869. The number of rotatable bonds is 3. The van der Waals surface area contributed by atoms with Gasteiger partial charge in [-0.25, -0.2) is 0 Å². The topological polar surface area (TPSA) is 41.1 Å². The smallest absolute Gasteiger partial charge is 0.241 e. The van der Waals surface area contributed by atoms with Gasteiger partial charge in [0, 0.05) is 10.2 Å². The minimum absolute atomic E-state index is 0.0365. The lowest BCUT2D eigenvalue weighted by atomic mass is 10.3. The Morgan fingerprint density at radius 3 is 2.79 bits per heavy atom. The maximum absolute atomic E-state index is 11.5. The number of hydrogen-bond donors (Lipinski definition) is 2. The number of carbonyl (C=O) groups is 1. The lowest BCUT2D eigenvalue weighted by molar-refractivity contribution is -0.117. The van der Waals surface area contributed by atoms with E-state index in [1.165, 1.54) is 0 Å². The monoisotopic (exact) mass is 256 g/mol. The second-order valence-corrected chi connectivity index (χ2v) is 3.93. The van der Waals surface area contributed by atoms with E-state index < -0.39 is 0 Å². The molecular weight excluding hydrogens is 244 g/mol. The summed E-state index contributed by atoms with van der Waals surface area (Å²) in [6.07, 6.45) is 0. The Bertz CT molecular complexity index is 328.